The third-order valence-electron chi connectivity index (χ3n) is 3.99. The van der Waals surface area contributed by atoms with E-state index in [4.69, 9.17) is 5.73 Å². The van der Waals surface area contributed by atoms with Crippen molar-refractivity contribution in [3.8, 4) is 0 Å². The average Bonchev–Trinajstić information content (AvgIpc) is 3.09. The molecule has 2 saturated carbocycles. The second-order valence-corrected chi connectivity index (χ2v) is 5.55. The standard InChI is InChI=1S/C13H24N2O/c14-13(16)12(15-9-11-6-7-11)8-10-4-2-1-3-5-10/h10-12,15H,1-9H2,(H2,14,16). The molecule has 0 aliphatic heterocycles. The molecule has 0 aromatic heterocycles. The minimum absolute atomic E-state index is 0.0799. The molecule has 1 unspecified atom stereocenters. The van der Waals surface area contributed by atoms with Crippen molar-refractivity contribution in [2.24, 2.45) is 17.6 Å². The van der Waals surface area contributed by atoms with Gasteiger partial charge in [-0.1, -0.05) is 32.1 Å². The number of carbonyl (C=O) groups excluding carboxylic acids is 1. The molecule has 2 rings (SSSR count). The van der Waals surface area contributed by atoms with Crippen molar-refractivity contribution in [1.29, 1.82) is 0 Å². The van der Waals surface area contributed by atoms with Gasteiger partial charge >= 0.3 is 0 Å². The van der Waals surface area contributed by atoms with Gasteiger partial charge in [0.15, 0.2) is 0 Å². The van der Waals surface area contributed by atoms with Gasteiger partial charge in [0.1, 0.15) is 0 Å². The van der Waals surface area contributed by atoms with Crippen molar-refractivity contribution in [2.45, 2.75) is 57.4 Å². The maximum atomic E-state index is 11.4. The van der Waals surface area contributed by atoms with Crippen molar-refractivity contribution in [2.75, 3.05) is 6.54 Å². The van der Waals surface area contributed by atoms with Crippen LogP contribution in [0.5, 0.6) is 0 Å². The van der Waals surface area contributed by atoms with Crippen LogP contribution in [0.4, 0.5) is 0 Å². The highest BCUT2D eigenvalue weighted by atomic mass is 16.1. The summed E-state index contributed by atoms with van der Waals surface area (Å²) in [6.45, 7) is 0.986. The predicted molar refractivity (Wildman–Crippen MR) is 64.9 cm³/mol. The third-order valence-corrected chi connectivity index (χ3v) is 3.99. The first kappa shape index (κ1) is 11.9. The molecule has 2 aliphatic carbocycles. The zero-order valence-electron chi connectivity index (χ0n) is 10.1. The summed E-state index contributed by atoms with van der Waals surface area (Å²) >= 11 is 0. The first-order valence-corrected chi connectivity index (χ1v) is 6.78. The molecular formula is C13H24N2O. The van der Waals surface area contributed by atoms with Gasteiger partial charge in [-0.3, -0.25) is 4.79 Å². The molecule has 0 saturated heterocycles. The van der Waals surface area contributed by atoms with E-state index >= 15 is 0 Å². The summed E-state index contributed by atoms with van der Waals surface area (Å²) in [7, 11) is 0. The number of amides is 1. The number of nitrogens with one attached hydrogen (secondary N) is 1. The SMILES string of the molecule is NC(=O)C(CC1CCCCC1)NCC1CC1. The first-order valence-electron chi connectivity index (χ1n) is 6.78. The number of carbonyl (C=O) groups is 1. The Labute approximate surface area is 98.2 Å². The van der Waals surface area contributed by atoms with E-state index < -0.39 is 0 Å². The zero-order chi connectivity index (χ0) is 11.4. The van der Waals surface area contributed by atoms with Crippen molar-refractivity contribution in [1.82, 2.24) is 5.32 Å². The summed E-state index contributed by atoms with van der Waals surface area (Å²) in [5, 5.41) is 3.35. The Morgan fingerprint density at radius 1 is 1.12 bits per heavy atom. The minimum Gasteiger partial charge on any atom is -0.368 e. The van der Waals surface area contributed by atoms with Crippen LogP contribution in [-0.4, -0.2) is 18.5 Å². The maximum absolute atomic E-state index is 11.4. The molecule has 2 aliphatic rings. The van der Waals surface area contributed by atoms with Gasteiger partial charge < -0.3 is 11.1 Å². The summed E-state index contributed by atoms with van der Waals surface area (Å²) < 4.78 is 0. The van der Waals surface area contributed by atoms with Crippen LogP contribution in [0, 0.1) is 11.8 Å². The monoisotopic (exact) mass is 224 g/mol. The van der Waals surface area contributed by atoms with E-state index in [9.17, 15) is 4.79 Å². The molecule has 0 spiro atoms. The second-order valence-electron chi connectivity index (χ2n) is 5.55. The molecule has 3 N–H and O–H groups in total. The highest BCUT2D eigenvalue weighted by Gasteiger charge is 2.26. The normalized spacial score (nSPS) is 24.2. The summed E-state index contributed by atoms with van der Waals surface area (Å²) in [4.78, 5) is 11.4. The van der Waals surface area contributed by atoms with E-state index in [1.54, 1.807) is 0 Å². The smallest absolute Gasteiger partial charge is 0.234 e. The van der Waals surface area contributed by atoms with Crippen molar-refractivity contribution < 1.29 is 4.79 Å². The maximum Gasteiger partial charge on any atom is 0.234 e. The van der Waals surface area contributed by atoms with E-state index in [1.165, 1.54) is 44.9 Å². The zero-order valence-corrected chi connectivity index (χ0v) is 10.1. The van der Waals surface area contributed by atoms with E-state index in [2.05, 4.69) is 5.32 Å². The largest absolute Gasteiger partial charge is 0.368 e. The first-order chi connectivity index (χ1) is 7.75. The van der Waals surface area contributed by atoms with Gasteiger partial charge in [0, 0.05) is 0 Å². The lowest BCUT2D eigenvalue weighted by atomic mass is 9.84. The quantitative estimate of drug-likeness (QED) is 0.723. The molecular weight excluding hydrogens is 200 g/mol. The second kappa shape index (κ2) is 5.67. The van der Waals surface area contributed by atoms with Crippen LogP contribution in [0.25, 0.3) is 0 Å². The summed E-state index contributed by atoms with van der Waals surface area (Å²) in [6, 6.07) is -0.0799. The van der Waals surface area contributed by atoms with Gasteiger partial charge in [-0.2, -0.15) is 0 Å². The van der Waals surface area contributed by atoms with Crippen molar-refractivity contribution in [3.63, 3.8) is 0 Å². The molecule has 3 heteroatoms. The molecule has 3 nitrogen and oxygen atoms in total. The molecule has 2 fully saturated rings. The molecule has 1 amide bonds. The number of hydrogen-bond acceptors (Lipinski definition) is 2. The Hall–Kier alpha value is -0.570. The van der Waals surface area contributed by atoms with Crippen LogP contribution < -0.4 is 11.1 Å². The molecule has 0 aromatic rings. The Kier molecular flexibility index (Phi) is 4.22. The van der Waals surface area contributed by atoms with E-state index in [-0.39, 0.29) is 11.9 Å². The minimum atomic E-state index is -0.161. The Morgan fingerprint density at radius 3 is 2.38 bits per heavy atom. The topological polar surface area (TPSA) is 55.1 Å². The molecule has 1 atom stereocenters. The molecule has 92 valence electrons. The predicted octanol–water partition coefficient (Wildman–Crippen LogP) is 1.81. The molecule has 0 radical (unpaired) electrons. The van der Waals surface area contributed by atoms with Crippen LogP contribution in [0.2, 0.25) is 0 Å². The number of nitrogens with two attached hydrogens (primary N) is 1. The molecule has 0 heterocycles. The molecule has 0 bridgehead atoms. The number of rotatable bonds is 6. The van der Waals surface area contributed by atoms with Crippen LogP contribution in [-0.2, 0) is 4.79 Å². The lowest BCUT2D eigenvalue weighted by Crippen LogP contribution is -2.43. The van der Waals surface area contributed by atoms with Gasteiger partial charge in [0.05, 0.1) is 6.04 Å². The van der Waals surface area contributed by atoms with Crippen LogP contribution in [0.1, 0.15) is 51.4 Å². The molecule has 16 heavy (non-hydrogen) atoms. The third kappa shape index (κ3) is 3.78. The van der Waals surface area contributed by atoms with Gasteiger partial charge in [0.25, 0.3) is 0 Å². The fourth-order valence-electron chi connectivity index (χ4n) is 2.69. The van der Waals surface area contributed by atoms with E-state index in [0.29, 0.717) is 0 Å². The Morgan fingerprint density at radius 2 is 1.81 bits per heavy atom. The van der Waals surface area contributed by atoms with Crippen LogP contribution in [0.15, 0.2) is 0 Å². The van der Waals surface area contributed by atoms with Crippen LogP contribution >= 0.6 is 0 Å². The van der Waals surface area contributed by atoms with Crippen LogP contribution in [0.3, 0.4) is 0 Å². The van der Waals surface area contributed by atoms with E-state index in [1.807, 2.05) is 0 Å². The highest BCUT2D eigenvalue weighted by Crippen LogP contribution is 2.29. The number of primary amides is 1. The highest BCUT2D eigenvalue weighted by molar-refractivity contribution is 5.79. The Bertz CT molecular complexity index is 232. The van der Waals surface area contributed by atoms with Crippen molar-refractivity contribution >= 4 is 5.91 Å². The van der Waals surface area contributed by atoms with Gasteiger partial charge in [-0.15, -0.1) is 0 Å². The van der Waals surface area contributed by atoms with Gasteiger partial charge in [-0.05, 0) is 37.6 Å². The lowest BCUT2D eigenvalue weighted by Gasteiger charge is -2.25. The number of hydrogen-bond donors (Lipinski definition) is 2. The van der Waals surface area contributed by atoms with Gasteiger partial charge in [-0.25, -0.2) is 0 Å². The summed E-state index contributed by atoms with van der Waals surface area (Å²) in [5.41, 5.74) is 5.46. The molecule has 0 aromatic carbocycles. The van der Waals surface area contributed by atoms with Gasteiger partial charge in [0.2, 0.25) is 5.91 Å². The summed E-state index contributed by atoms with van der Waals surface area (Å²) in [6.07, 6.45) is 10.2. The van der Waals surface area contributed by atoms with E-state index in [0.717, 1.165) is 24.8 Å². The fourth-order valence-corrected chi connectivity index (χ4v) is 2.69. The van der Waals surface area contributed by atoms with Crippen molar-refractivity contribution in [3.05, 3.63) is 0 Å². The average molecular weight is 224 g/mol. The fraction of sp³-hybridized carbons (Fsp3) is 0.923. The lowest BCUT2D eigenvalue weighted by molar-refractivity contribution is -0.120. The Balaban J connectivity index is 1.73. The summed E-state index contributed by atoms with van der Waals surface area (Å²) in [5.74, 6) is 1.37.